The van der Waals surface area contributed by atoms with Crippen molar-refractivity contribution in [3.8, 4) is 0 Å². The van der Waals surface area contributed by atoms with E-state index in [4.69, 9.17) is 17.0 Å². The molecular weight excluding hydrogens is 483 g/mol. The third-order valence-electron chi connectivity index (χ3n) is 7.64. The quantitative estimate of drug-likeness (QED) is 0.386. The summed E-state index contributed by atoms with van der Waals surface area (Å²) >= 11 is 8.70. The lowest BCUT2D eigenvalue weighted by molar-refractivity contribution is -0.153. The summed E-state index contributed by atoms with van der Waals surface area (Å²) in [5.41, 5.74) is 1.00. The summed E-state index contributed by atoms with van der Waals surface area (Å²) in [5.74, 6) is -1.93. The third kappa shape index (κ3) is 3.10. The second-order valence-corrected chi connectivity index (χ2v) is 12.0. The maximum absolute atomic E-state index is 13.7. The van der Waals surface area contributed by atoms with Gasteiger partial charge in [-0.25, -0.2) is 4.39 Å². The lowest BCUT2D eigenvalue weighted by Gasteiger charge is -2.43. The maximum atomic E-state index is 13.7. The number of hydrogen-bond acceptors (Lipinski definition) is 7. The van der Waals surface area contributed by atoms with Gasteiger partial charge in [-0.2, -0.15) is 0 Å². The maximum Gasteiger partial charge on any atom is 0.326 e. The number of aromatic amines is 1. The molecule has 1 aromatic heterocycles. The van der Waals surface area contributed by atoms with Crippen LogP contribution in [-0.4, -0.2) is 46.1 Å². The van der Waals surface area contributed by atoms with Gasteiger partial charge in [-0.15, -0.1) is 23.1 Å². The molecule has 2 saturated carbocycles. The van der Waals surface area contributed by atoms with Crippen LogP contribution in [-0.2, 0) is 19.1 Å². The minimum Gasteiger partial charge on any atom is -0.465 e. The summed E-state index contributed by atoms with van der Waals surface area (Å²) in [5, 5.41) is 1.17. The van der Waals surface area contributed by atoms with E-state index in [0.717, 1.165) is 26.8 Å². The number of ether oxygens (including phenoxy) is 1. The molecule has 172 valence electrons. The van der Waals surface area contributed by atoms with E-state index in [1.54, 1.807) is 18.7 Å². The van der Waals surface area contributed by atoms with E-state index in [9.17, 15) is 18.8 Å². The van der Waals surface area contributed by atoms with Gasteiger partial charge in [0.2, 0.25) is 11.8 Å². The van der Waals surface area contributed by atoms with Crippen molar-refractivity contribution in [2.24, 2.45) is 29.6 Å². The molecule has 6 rings (SSSR count). The Morgan fingerprint density at radius 2 is 1.91 bits per heavy atom. The summed E-state index contributed by atoms with van der Waals surface area (Å²) in [6.45, 7) is 1.58. The Labute approximate surface area is 202 Å². The summed E-state index contributed by atoms with van der Waals surface area (Å²) in [7, 11) is 0. The Kier molecular flexibility index (Phi) is 5.04. The van der Waals surface area contributed by atoms with Gasteiger partial charge in [0.25, 0.3) is 0 Å². The number of carbonyl (C=O) groups excluding carboxylic acids is 3. The number of rotatable bonds is 4. The third-order valence-corrected chi connectivity index (χ3v) is 10.6. The van der Waals surface area contributed by atoms with Gasteiger partial charge in [0.05, 0.1) is 23.5 Å². The van der Waals surface area contributed by atoms with E-state index < -0.39 is 11.9 Å². The van der Waals surface area contributed by atoms with Crippen molar-refractivity contribution >= 4 is 53.1 Å². The minimum absolute atomic E-state index is 0.0113. The van der Waals surface area contributed by atoms with Gasteiger partial charge in [0, 0.05) is 16.0 Å². The number of H-pyrrole nitrogens is 1. The number of carbonyl (C=O) groups is 3. The van der Waals surface area contributed by atoms with E-state index in [2.05, 4.69) is 4.98 Å². The highest BCUT2D eigenvalue weighted by Gasteiger charge is 2.69. The summed E-state index contributed by atoms with van der Waals surface area (Å²) < 4.78 is 19.4. The largest absolute Gasteiger partial charge is 0.465 e. The fourth-order valence-electron chi connectivity index (χ4n) is 6.61. The predicted molar refractivity (Wildman–Crippen MR) is 123 cm³/mol. The van der Waals surface area contributed by atoms with Gasteiger partial charge in [0.15, 0.2) is 3.95 Å². The van der Waals surface area contributed by atoms with Crippen molar-refractivity contribution in [2.45, 2.75) is 29.5 Å². The average Bonchev–Trinajstić information content (AvgIpc) is 3.50. The number of benzene rings is 1. The van der Waals surface area contributed by atoms with Crippen molar-refractivity contribution in [2.75, 3.05) is 13.2 Å². The normalized spacial score (nSPS) is 33.8. The standard InChI is InChI=1S/C23H21FN2O4S3/c1-2-30-13(27)8-26-21(28)16-11-7-12(17(16)22(26)29)18-15(11)14(9-3-5-10(24)6-4-9)19-20(32-18)25-23(31)33-19/h3-6,11-12,14-18H,2,7-8H2,1H3,(H,25,31). The molecule has 1 saturated heterocycles. The van der Waals surface area contributed by atoms with Crippen LogP contribution < -0.4 is 0 Å². The van der Waals surface area contributed by atoms with Gasteiger partial charge in [-0.1, -0.05) is 12.1 Å². The first-order valence-electron chi connectivity index (χ1n) is 11.0. The number of aromatic nitrogens is 1. The summed E-state index contributed by atoms with van der Waals surface area (Å²) in [6.07, 6.45) is 0.815. The van der Waals surface area contributed by atoms with E-state index >= 15 is 0 Å². The minimum atomic E-state index is -0.558. The number of hydrogen-bond donors (Lipinski definition) is 1. The fraction of sp³-hybridized carbons (Fsp3) is 0.478. The second-order valence-electron chi connectivity index (χ2n) is 9.08. The van der Waals surface area contributed by atoms with Gasteiger partial charge in [-0.3, -0.25) is 19.3 Å². The number of fused-ring (bicyclic) bond motifs is 9. The Morgan fingerprint density at radius 3 is 2.61 bits per heavy atom. The van der Waals surface area contributed by atoms with Crippen molar-refractivity contribution in [3.63, 3.8) is 0 Å². The molecule has 2 aliphatic heterocycles. The first-order valence-corrected chi connectivity index (χ1v) is 13.2. The van der Waals surface area contributed by atoms with Crippen molar-refractivity contribution < 1.29 is 23.5 Å². The monoisotopic (exact) mass is 504 g/mol. The van der Waals surface area contributed by atoms with E-state index in [1.165, 1.54) is 23.5 Å². The Bertz CT molecular complexity index is 1230. The molecular formula is C23H21FN2O4S3. The molecule has 0 radical (unpaired) electrons. The first kappa shape index (κ1) is 21.5. The van der Waals surface area contributed by atoms with Crippen LogP contribution in [0.25, 0.3) is 0 Å². The highest BCUT2D eigenvalue weighted by Crippen LogP contribution is 2.68. The molecule has 2 aromatic rings. The molecule has 10 heteroatoms. The Balaban J connectivity index is 1.39. The number of esters is 1. The van der Waals surface area contributed by atoms with Gasteiger partial charge in [-0.05, 0) is 61.0 Å². The number of nitrogens with one attached hydrogen (secondary N) is 1. The Morgan fingerprint density at radius 1 is 1.21 bits per heavy atom. The number of thioether (sulfide) groups is 1. The van der Waals surface area contributed by atoms with Gasteiger partial charge < -0.3 is 9.72 Å². The molecule has 3 heterocycles. The zero-order valence-electron chi connectivity index (χ0n) is 17.7. The van der Waals surface area contributed by atoms with E-state index in [-0.39, 0.29) is 65.6 Å². The zero-order valence-corrected chi connectivity index (χ0v) is 20.1. The van der Waals surface area contributed by atoms with Crippen molar-refractivity contribution in [1.29, 1.82) is 0 Å². The number of nitrogens with zero attached hydrogens (tertiary/aromatic N) is 1. The predicted octanol–water partition coefficient (Wildman–Crippen LogP) is 3.98. The fourth-order valence-corrected chi connectivity index (χ4v) is 9.95. The van der Waals surface area contributed by atoms with Gasteiger partial charge >= 0.3 is 5.97 Å². The molecule has 4 aliphatic rings. The number of imide groups is 1. The zero-order chi connectivity index (χ0) is 23.0. The van der Waals surface area contributed by atoms with Crippen LogP contribution in [0.2, 0.25) is 0 Å². The van der Waals surface area contributed by atoms with Crippen LogP contribution in [0.1, 0.15) is 29.7 Å². The molecule has 6 nitrogen and oxygen atoms in total. The average molecular weight is 505 g/mol. The lowest BCUT2D eigenvalue weighted by atomic mass is 9.68. The van der Waals surface area contributed by atoms with Crippen molar-refractivity contribution in [3.05, 3.63) is 44.5 Å². The molecule has 1 aromatic carbocycles. The lowest BCUT2D eigenvalue weighted by Crippen LogP contribution is -2.42. The van der Waals surface area contributed by atoms with Crippen LogP contribution in [0, 0.1) is 39.4 Å². The SMILES string of the molecule is CCOC(=O)CN1C(=O)C2C3CC(C2C1=O)C1C(c2ccc(F)cc2)c2sc(=S)[nH]c2SC31. The number of amides is 2. The molecule has 2 aliphatic carbocycles. The van der Waals surface area contributed by atoms with Crippen LogP contribution in [0.5, 0.6) is 0 Å². The van der Waals surface area contributed by atoms with Crippen LogP contribution in [0.15, 0.2) is 29.3 Å². The summed E-state index contributed by atoms with van der Waals surface area (Å²) in [4.78, 5) is 44.2. The first-order chi connectivity index (χ1) is 15.9. The number of likely N-dealkylation sites (tertiary alicyclic amines) is 1. The number of halogens is 1. The molecule has 2 amide bonds. The molecule has 3 fully saturated rings. The molecule has 2 bridgehead atoms. The molecule has 1 N–H and O–H groups in total. The molecule has 7 unspecified atom stereocenters. The Hall–Kier alpha value is -2.04. The topological polar surface area (TPSA) is 79.5 Å². The van der Waals surface area contributed by atoms with Gasteiger partial charge in [0.1, 0.15) is 12.4 Å². The van der Waals surface area contributed by atoms with Crippen LogP contribution in [0.4, 0.5) is 4.39 Å². The van der Waals surface area contributed by atoms with Crippen molar-refractivity contribution in [1.82, 2.24) is 9.88 Å². The smallest absolute Gasteiger partial charge is 0.326 e. The highest BCUT2D eigenvalue weighted by atomic mass is 32.2. The van der Waals surface area contributed by atoms with Crippen LogP contribution >= 0.6 is 35.3 Å². The second kappa shape index (κ2) is 7.74. The molecule has 0 spiro atoms. The molecule has 7 atom stereocenters. The van der Waals surface area contributed by atoms with E-state index in [1.807, 2.05) is 12.1 Å². The molecule has 33 heavy (non-hydrogen) atoms. The highest BCUT2D eigenvalue weighted by molar-refractivity contribution is 8.00. The van der Waals surface area contributed by atoms with Crippen LogP contribution in [0.3, 0.4) is 0 Å². The number of thiazole rings is 1. The van der Waals surface area contributed by atoms with E-state index in [0.29, 0.717) is 3.95 Å². The summed E-state index contributed by atoms with van der Waals surface area (Å²) in [6, 6.07) is 6.58.